The van der Waals surface area contributed by atoms with Crippen molar-refractivity contribution in [1.82, 2.24) is 0 Å². The van der Waals surface area contributed by atoms with Gasteiger partial charge in [0.2, 0.25) is 0 Å². The maximum atomic E-state index is 6.03. The van der Waals surface area contributed by atoms with Crippen LogP contribution in [-0.4, -0.2) is 7.11 Å². The Morgan fingerprint density at radius 2 is 1.61 bits per heavy atom. The number of nitrogens with one attached hydrogen (secondary N) is 1. The van der Waals surface area contributed by atoms with E-state index in [0.29, 0.717) is 6.61 Å². The van der Waals surface area contributed by atoms with E-state index in [-0.39, 0.29) is 0 Å². The van der Waals surface area contributed by atoms with E-state index in [1.165, 1.54) is 5.56 Å². The molecule has 5 heteroatoms. The number of methoxy groups -OCH3 is 1. The first kappa shape index (κ1) is 20.8. The van der Waals surface area contributed by atoms with Crippen LogP contribution in [0.15, 0.2) is 60.7 Å². The molecule has 0 aliphatic rings. The van der Waals surface area contributed by atoms with Crippen LogP contribution in [0.5, 0.6) is 11.5 Å². The van der Waals surface area contributed by atoms with Gasteiger partial charge in [0.15, 0.2) is 11.5 Å². The van der Waals surface area contributed by atoms with Crippen molar-refractivity contribution in [3.63, 3.8) is 0 Å². The number of halogens is 2. The molecule has 3 nitrogen and oxygen atoms in total. The van der Waals surface area contributed by atoms with Crippen LogP contribution in [0.1, 0.15) is 23.6 Å². The fourth-order valence-corrected chi connectivity index (χ4v) is 3.76. The van der Waals surface area contributed by atoms with Crippen LogP contribution >= 0.6 is 34.2 Å². The van der Waals surface area contributed by atoms with Crippen LogP contribution < -0.4 is 14.8 Å². The van der Waals surface area contributed by atoms with Gasteiger partial charge in [-0.15, -0.1) is 0 Å². The summed E-state index contributed by atoms with van der Waals surface area (Å²) in [5.74, 6) is 1.49. The van der Waals surface area contributed by atoms with Crippen molar-refractivity contribution < 1.29 is 9.47 Å². The highest BCUT2D eigenvalue weighted by molar-refractivity contribution is 14.1. The molecule has 0 saturated heterocycles. The first-order chi connectivity index (χ1) is 13.6. The van der Waals surface area contributed by atoms with E-state index in [1.807, 2.05) is 30.3 Å². The molecule has 3 rings (SSSR count). The van der Waals surface area contributed by atoms with Crippen molar-refractivity contribution in [3.05, 3.63) is 85.9 Å². The minimum atomic E-state index is 0.463. The van der Waals surface area contributed by atoms with Gasteiger partial charge in [-0.1, -0.05) is 42.8 Å². The number of ether oxygens (including phenoxy) is 2. The fourth-order valence-electron chi connectivity index (χ4n) is 2.81. The van der Waals surface area contributed by atoms with Gasteiger partial charge in [-0.25, -0.2) is 0 Å². The molecule has 3 aromatic rings. The zero-order chi connectivity index (χ0) is 19.9. The SMILES string of the molecule is CCc1ccc(NCc2cc(I)c(OCc3ccc(Cl)cc3)c(OC)c2)cc1. The molecular weight excluding hydrogens is 485 g/mol. The highest BCUT2D eigenvalue weighted by atomic mass is 127. The lowest BCUT2D eigenvalue weighted by Crippen LogP contribution is -2.03. The van der Waals surface area contributed by atoms with Crippen LogP contribution in [0.2, 0.25) is 5.02 Å². The summed E-state index contributed by atoms with van der Waals surface area (Å²) in [6.45, 7) is 3.34. The number of aryl methyl sites for hydroxylation is 1. The lowest BCUT2D eigenvalue weighted by Gasteiger charge is -2.15. The molecule has 0 bridgehead atoms. The first-order valence-electron chi connectivity index (χ1n) is 9.15. The number of hydrogen-bond acceptors (Lipinski definition) is 3. The minimum absolute atomic E-state index is 0.463. The van der Waals surface area contributed by atoms with E-state index in [0.717, 1.165) is 49.9 Å². The van der Waals surface area contributed by atoms with Gasteiger partial charge in [0.1, 0.15) is 6.61 Å². The number of anilines is 1. The van der Waals surface area contributed by atoms with E-state index >= 15 is 0 Å². The van der Waals surface area contributed by atoms with Crippen LogP contribution in [0, 0.1) is 3.57 Å². The Hall–Kier alpha value is -1.92. The van der Waals surface area contributed by atoms with Gasteiger partial charge in [0, 0.05) is 17.3 Å². The monoisotopic (exact) mass is 507 g/mol. The lowest BCUT2D eigenvalue weighted by atomic mass is 10.1. The highest BCUT2D eigenvalue weighted by Gasteiger charge is 2.12. The van der Waals surface area contributed by atoms with Gasteiger partial charge in [0.05, 0.1) is 10.7 Å². The molecule has 1 N–H and O–H groups in total. The van der Waals surface area contributed by atoms with Crippen molar-refractivity contribution in [2.24, 2.45) is 0 Å². The molecule has 3 aromatic carbocycles. The average Bonchev–Trinajstić information content (AvgIpc) is 2.72. The molecule has 0 aliphatic heterocycles. The van der Waals surface area contributed by atoms with Gasteiger partial charge < -0.3 is 14.8 Å². The van der Waals surface area contributed by atoms with Crippen LogP contribution in [0.4, 0.5) is 5.69 Å². The number of benzene rings is 3. The zero-order valence-electron chi connectivity index (χ0n) is 16.0. The van der Waals surface area contributed by atoms with Crippen molar-refractivity contribution in [1.29, 1.82) is 0 Å². The largest absolute Gasteiger partial charge is 0.493 e. The predicted molar refractivity (Wildman–Crippen MR) is 125 cm³/mol. The summed E-state index contributed by atoms with van der Waals surface area (Å²) in [4.78, 5) is 0. The second kappa shape index (κ2) is 10.0. The van der Waals surface area contributed by atoms with Gasteiger partial charge in [-0.3, -0.25) is 0 Å². The van der Waals surface area contributed by atoms with Crippen LogP contribution in [0.3, 0.4) is 0 Å². The summed E-state index contributed by atoms with van der Waals surface area (Å²) in [7, 11) is 1.67. The van der Waals surface area contributed by atoms with Gasteiger partial charge >= 0.3 is 0 Å². The van der Waals surface area contributed by atoms with Gasteiger partial charge in [-0.2, -0.15) is 0 Å². The normalized spacial score (nSPS) is 10.6. The molecule has 28 heavy (non-hydrogen) atoms. The van der Waals surface area contributed by atoms with E-state index in [1.54, 1.807) is 7.11 Å². The Balaban J connectivity index is 1.68. The van der Waals surface area contributed by atoms with Crippen molar-refractivity contribution in [2.75, 3.05) is 12.4 Å². The lowest BCUT2D eigenvalue weighted by molar-refractivity contribution is 0.282. The summed E-state index contributed by atoms with van der Waals surface area (Å²) in [6.07, 6.45) is 1.05. The molecule has 146 valence electrons. The van der Waals surface area contributed by atoms with E-state index in [4.69, 9.17) is 21.1 Å². The summed E-state index contributed by atoms with van der Waals surface area (Å²) in [6, 6.07) is 20.3. The smallest absolute Gasteiger partial charge is 0.174 e. The average molecular weight is 508 g/mol. The second-order valence-corrected chi connectivity index (χ2v) is 8.03. The number of rotatable bonds is 8. The van der Waals surface area contributed by atoms with Crippen molar-refractivity contribution in [3.8, 4) is 11.5 Å². The first-order valence-corrected chi connectivity index (χ1v) is 10.6. The molecule has 0 aliphatic carbocycles. The second-order valence-electron chi connectivity index (χ2n) is 6.43. The standard InChI is InChI=1S/C23H23ClINO2/c1-3-16-6-10-20(11-7-16)26-14-18-12-21(25)23(22(13-18)27-2)28-15-17-4-8-19(24)9-5-17/h4-13,26H,3,14-15H2,1-2H3. The van der Waals surface area contributed by atoms with Gasteiger partial charge in [-0.05, 0) is 82.1 Å². The molecule has 0 atom stereocenters. The third kappa shape index (κ3) is 5.55. The number of hydrogen-bond donors (Lipinski definition) is 1. The summed E-state index contributed by atoms with van der Waals surface area (Å²) >= 11 is 8.23. The Morgan fingerprint density at radius 1 is 0.929 bits per heavy atom. The van der Waals surface area contributed by atoms with E-state index < -0.39 is 0 Å². The minimum Gasteiger partial charge on any atom is -0.493 e. The molecule has 0 saturated carbocycles. The van der Waals surface area contributed by atoms with Crippen LogP contribution in [-0.2, 0) is 19.6 Å². The molecule has 0 spiro atoms. The van der Waals surface area contributed by atoms with Gasteiger partial charge in [0.25, 0.3) is 0 Å². The zero-order valence-corrected chi connectivity index (χ0v) is 18.9. The quantitative estimate of drug-likeness (QED) is 0.344. The highest BCUT2D eigenvalue weighted by Crippen LogP contribution is 2.35. The summed E-state index contributed by atoms with van der Waals surface area (Å²) < 4.78 is 12.6. The maximum absolute atomic E-state index is 6.03. The molecule has 0 aromatic heterocycles. The molecule has 0 heterocycles. The summed E-state index contributed by atoms with van der Waals surface area (Å²) in [5.41, 5.74) is 4.64. The Morgan fingerprint density at radius 3 is 2.25 bits per heavy atom. The molecule has 0 radical (unpaired) electrons. The summed E-state index contributed by atoms with van der Waals surface area (Å²) in [5, 5.41) is 4.18. The third-order valence-corrected chi connectivity index (χ3v) is 5.50. The Kier molecular flexibility index (Phi) is 7.45. The molecule has 0 unspecified atom stereocenters. The molecular formula is C23H23ClINO2. The van der Waals surface area contributed by atoms with Crippen molar-refractivity contribution in [2.45, 2.75) is 26.5 Å². The molecule has 0 fully saturated rings. The van der Waals surface area contributed by atoms with E-state index in [9.17, 15) is 0 Å². The Bertz CT molecular complexity index is 911. The topological polar surface area (TPSA) is 30.5 Å². The maximum Gasteiger partial charge on any atom is 0.174 e. The van der Waals surface area contributed by atoms with E-state index in [2.05, 4.69) is 65.2 Å². The third-order valence-electron chi connectivity index (χ3n) is 4.44. The Labute approximate surface area is 185 Å². The fraction of sp³-hybridized carbons (Fsp3) is 0.217. The van der Waals surface area contributed by atoms with Crippen molar-refractivity contribution >= 4 is 39.9 Å². The predicted octanol–water partition coefficient (Wildman–Crippen LogP) is 6.71. The van der Waals surface area contributed by atoms with Crippen LogP contribution in [0.25, 0.3) is 0 Å². The molecule has 0 amide bonds.